The van der Waals surface area contributed by atoms with Crippen LogP contribution in [0.1, 0.15) is 37.0 Å². The number of rotatable bonds is 5. The molecule has 0 unspecified atom stereocenters. The Kier molecular flexibility index (Phi) is 4.15. The van der Waals surface area contributed by atoms with Crippen LogP contribution in [-0.4, -0.2) is 24.7 Å². The van der Waals surface area contributed by atoms with E-state index in [9.17, 15) is 10.1 Å². The molecule has 112 valence electrons. The number of nitrogens with zero attached hydrogens (tertiary/aromatic N) is 5. The topological polar surface area (TPSA) is 98.8 Å². The minimum atomic E-state index is -0.441. The van der Waals surface area contributed by atoms with Gasteiger partial charge >= 0.3 is 0 Å². The number of aromatic nitrogens is 4. The maximum Gasteiger partial charge on any atom is 0.290 e. The van der Waals surface area contributed by atoms with E-state index in [0.717, 1.165) is 11.6 Å². The number of nitro groups is 1. The molecule has 2 aromatic heterocycles. The number of anilines is 1. The SMILES string of the molecule is Cc1cc(NCc2nnc(C(C)C)n2C)ncc1[N+](=O)[O-]. The van der Waals surface area contributed by atoms with Crippen molar-refractivity contribution in [2.24, 2.45) is 7.05 Å². The van der Waals surface area contributed by atoms with Gasteiger partial charge in [-0.1, -0.05) is 13.8 Å². The van der Waals surface area contributed by atoms with E-state index in [-0.39, 0.29) is 5.69 Å². The normalized spacial score (nSPS) is 10.9. The third-order valence-electron chi connectivity index (χ3n) is 3.22. The van der Waals surface area contributed by atoms with Crippen LogP contribution in [-0.2, 0) is 13.6 Å². The Bertz CT molecular complexity index is 665. The van der Waals surface area contributed by atoms with Gasteiger partial charge in [0, 0.05) is 18.5 Å². The summed E-state index contributed by atoms with van der Waals surface area (Å²) in [6.45, 7) is 6.26. The molecule has 0 saturated carbocycles. The van der Waals surface area contributed by atoms with Crippen LogP contribution in [0.4, 0.5) is 11.5 Å². The second-order valence-corrected chi connectivity index (χ2v) is 5.15. The number of nitrogens with one attached hydrogen (secondary N) is 1. The Morgan fingerprint density at radius 1 is 1.43 bits per heavy atom. The standard InChI is InChI=1S/C13H18N6O2/c1-8(2)13-17-16-12(18(13)4)7-15-11-5-9(3)10(6-14-11)19(20)21/h5-6,8H,7H2,1-4H3,(H,14,15). The highest BCUT2D eigenvalue weighted by atomic mass is 16.6. The van der Waals surface area contributed by atoms with Gasteiger partial charge in [-0.05, 0) is 13.0 Å². The zero-order valence-electron chi connectivity index (χ0n) is 12.5. The lowest BCUT2D eigenvalue weighted by Crippen LogP contribution is -2.09. The highest BCUT2D eigenvalue weighted by Crippen LogP contribution is 2.19. The lowest BCUT2D eigenvalue weighted by molar-refractivity contribution is -0.385. The van der Waals surface area contributed by atoms with Gasteiger partial charge in [0.25, 0.3) is 5.69 Å². The van der Waals surface area contributed by atoms with Crippen LogP contribution in [0.15, 0.2) is 12.3 Å². The van der Waals surface area contributed by atoms with Crippen molar-refractivity contribution in [1.29, 1.82) is 0 Å². The van der Waals surface area contributed by atoms with E-state index in [1.165, 1.54) is 6.20 Å². The fraction of sp³-hybridized carbons (Fsp3) is 0.462. The minimum Gasteiger partial charge on any atom is -0.363 e. The molecule has 0 atom stereocenters. The van der Waals surface area contributed by atoms with Gasteiger partial charge in [0.15, 0.2) is 5.82 Å². The van der Waals surface area contributed by atoms with Crippen LogP contribution >= 0.6 is 0 Å². The van der Waals surface area contributed by atoms with Crippen molar-refractivity contribution in [3.05, 3.63) is 39.6 Å². The second-order valence-electron chi connectivity index (χ2n) is 5.15. The Labute approximate surface area is 122 Å². The molecule has 0 radical (unpaired) electrons. The summed E-state index contributed by atoms with van der Waals surface area (Å²) in [6.07, 6.45) is 1.26. The average Bonchev–Trinajstić information content (AvgIpc) is 2.77. The van der Waals surface area contributed by atoms with Crippen molar-refractivity contribution in [3.8, 4) is 0 Å². The third kappa shape index (κ3) is 3.15. The molecular formula is C13H18N6O2. The fourth-order valence-corrected chi connectivity index (χ4v) is 2.04. The van der Waals surface area contributed by atoms with Gasteiger partial charge in [-0.2, -0.15) is 0 Å². The predicted octanol–water partition coefficient (Wildman–Crippen LogP) is 2.16. The molecule has 1 N–H and O–H groups in total. The van der Waals surface area contributed by atoms with E-state index in [2.05, 4.69) is 34.3 Å². The third-order valence-corrected chi connectivity index (χ3v) is 3.22. The summed E-state index contributed by atoms with van der Waals surface area (Å²) >= 11 is 0. The zero-order valence-corrected chi connectivity index (χ0v) is 12.5. The van der Waals surface area contributed by atoms with Crippen LogP contribution in [0, 0.1) is 17.0 Å². The summed E-state index contributed by atoms with van der Waals surface area (Å²) in [6, 6.07) is 1.65. The average molecular weight is 290 g/mol. The minimum absolute atomic E-state index is 0.0151. The van der Waals surface area contributed by atoms with Crippen LogP contribution in [0.5, 0.6) is 0 Å². The molecule has 8 heteroatoms. The molecule has 8 nitrogen and oxygen atoms in total. The first-order valence-corrected chi connectivity index (χ1v) is 6.63. The zero-order chi connectivity index (χ0) is 15.6. The lowest BCUT2D eigenvalue weighted by atomic mass is 10.2. The Balaban J connectivity index is 2.10. The Morgan fingerprint density at radius 2 is 2.14 bits per heavy atom. The van der Waals surface area contributed by atoms with Gasteiger partial charge in [0.05, 0.1) is 11.5 Å². The van der Waals surface area contributed by atoms with E-state index in [1.54, 1.807) is 13.0 Å². The highest BCUT2D eigenvalue weighted by molar-refractivity contribution is 5.46. The first-order valence-electron chi connectivity index (χ1n) is 6.63. The number of aryl methyl sites for hydroxylation is 1. The maximum absolute atomic E-state index is 10.7. The van der Waals surface area contributed by atoms with E-state index in [1.807, 2.05) is 11.6 Å². The first kappa shape index (κ1) is 14.9. The van der Waals surface area contributed by atoms with E-state index in [4.69, 9.17) is 0 Å². The first-order chi connectivity index (χ1) is 9.90. The van der Waals surface area contributed by atoms with Gasteiger partial charge < -0.3 is 9.88 Å². The van der Waals surface area contributed by atoms with Crippen molar-refractivity contribution < 1.29 is 4.92 Å². The molecule has 2 heterocycles. The predicted molar refractivity (Wildman–Crippen MR) is 78.0 cm³/mol. The monoisotopic (exact) mass is 290 g/mol. The molecule has 0 amide bonds. The number of hydrogen-bond donors (Lipinski definition) is 1. The van der Waals surface area contributed by atoms with Crippen LogP contribution in [0.2, 0.25) is 0 Å². The van der Waals surface area contributed by atoms with Gasteiger partial charge in [-0.3, -0.25) is 10.1 Å². The molecule has 0 aliphatic rings. The summed E-state index contributed by atoms with van der Waals surface area (Å²) < 4.78 is 1.94. The van der Waals surface area contributed by atoms with Crippen molar-refractivity contribution in [1.82, 2.24) is 19.7 Å². The van der Waals surface area contributed by atoms with Gasteiger partial charge in [-0.25, -0.2) is 4.98 Å². The van der Waals surface area contributed by atoms with Crippen LogP contribution in [0.25, 0.3) is 0 Å². The van der Waals surface area contributed by atoms with Crippen molar-refractivity contribution in [2.75, 3.05) is 5.32 Å². The van der Waals surface area contributed by atoms with Crippen molar-refractivity contribution in [3.63, 3.8) is 0 Å². The molecule has 0 saturated heterocycles. The molecule has 2 aromatic rings. The molecular weight excluding hydrogens is 272 g/mol. The van der Waals surface area contributed by atoms with Gasteiger partial charge in [-0.15, -0.1) is 10.2 Å². The molecule has 0 spiro atoms. The molecule has 2 rings (SSSR count). The Hall–Kier alpha value is -2.51. The highest BCUT2D eigenvalue weighted by Gasteiger charge is 2.13. The van der Waals surface area contributed by atoms with E-state index in [0.29, 0.717) is 23.8 Å². The van der Waals surface area contributed by atoms with E-state index >= 15 is 0 Å². The van der Waals surface area contributed by atoms with Crippen molar-refractivity contribution in [2.45, 2.75) is 33.2 Å². The van der Waals surface area contributed by atoms with Gasteiger partial charge in [0.1, 0.15) is 17.8 Å². The molecule has 0 aliphatic carbocycles. The molecule has 0 bridgehead atoms. The number of pyridine rings is 1. The summed E-state index contributed by atoms with van der Waals surface area (Å²) in [4.78, 5) is 14.3. The fourth-order valence-electron chi connectivity index (χ4n) is 2.04. The maximum atomic E-state index is 10.7. The van der Waals surface area contributed by atoms with Gasteiger partial charge in [0.2, 0.25) is 0 Å². The lowest BCUT2D eigenvalue weighted by Gasteiger charge is -2.08. The molecule has 21 heavy (non-hydrogen) atoms. The van der Waals surface area contributed by atoms with Crippen LogP contribution < -0.4 is 5.32 Å². The molecule has 0 aliphatic heterocycles. The molecule has 0 fully saturated rings. The van der Waals surface area contributed by atoms with E-state index < -0.39 is 4.92 Å². The summed E-state index contributed by atoms with van der Waals surface area (Å²) in [5.41, 5.74) is 0.583. The largest absolute Gasteiger partial charge is 0.363 e. The van der Waals surface area contributed by atoms with Crippen molar-refractivity contribution >= 4 is 11.5 Å². The summed E-state index contributed by atoms with van der Waals surface area (Å²) in [5, 5.41) is 22.1. The molecule has 0 aromatic carbocycles. The summed E-state index contributed by atoms with van der Waals surface area (Å²) in [7, 11) is 1.92. The van der Waals surface area contributed by atoms with Crippen LogP contribution in [0.3, 0.4) is 0 Å². The number of hydrogen-bond acceptors (Lipinski definition) is 6. The smallest absolute Gasteiger partial charge is 0.290 e. The second kappa shape index (κ2) is 5.86. The Morgan fingerprint density at radius 3 is 2.67 bits per heavy atom. The quantitative estimate of drug-likeness (QED) is 0.669. The summed E-state index contributed by atoms with van der Waals surface area (Å²) in [5.74, 6) is 2.58.